The molecule has 1 rings (SSSR count). The maximum Gasteiger partial charge on any atom is 0.408 e. The standard InChI is InChI=1S/C16H21N3O7/c17-13(21)7-6-11(14(22)18-12(8-20)15(23)24)19-16(25)26-9-10-4-2-1-3-5-10/h1-5,11-12,20H,6-9H2,(H2,17,21)(H,18,22)(H,19,25)(H,23,24)/t11-,12-/m0/s1. The summed E-state index contributed by atoms with van der Waals surface area (Å²) in [5.41, 5.74) is 5.76. The molecule has 0 aliphatic rings. The Labute approximate surface area is 149 Å². The number of alkyl carbamates (subject to hydrolysis) is 1. The van der Waals surface area contributed by atoms with Gasteiger partial charge in [0.15, 0.2) is 0 Å². The van der Waals surface area contributed by atoms with Gasteiger partial charge in [-0.1, -0.05) is 30.3 Å². The lowest BCUT2D eigenvalue weighted by Gasteiger charge is -2.20. The molecule has 10 nitrogen and oxygen atoms in total. The van der Waals surface area contributed by atoms with Gasteiger partial charge in [-0.25, -0.2) is 9.59 Å². The zero-order chi connectivity index (χ0) is 19.5. The number of carbonyl (C=O) groups excluding carboxylic acids is 3. The van der Waals surface area contributed by atoms with Gasteiger partial charge in [-0.15, -0.1) is 0 Å². The Bertz CT molecular complexity index is 636. The van der Waals surface area contributed by atoms with E-state index in [0.29, 0.717) is 0 Å². The fraction of sp³-hybridized carbons (Fsp3) is 0.375. The number of nitrogens with one attached hydrogen (secondary N) is 2. The van der Waals surface area contributed by atoms with Gasteiger partial charge in [0.1, 0.15) is 18.7 Å². The van der Waals surface area contributed by atoms with Crippen LogP contribution in [-0.4, -0.2) is 52.8 Å². The number of aliphatic carboxylic acids is 1. The van der Waals surface area contributed by atoms with Crippen molar-refractivity contribution in [3.63, 3.8) is 0 Å². The van der Waals surface area contributed by atoms with Gasteiger partial charge in [-0.2, -0.15) is 0 Å². The Hall–Kier alpha value is -3.14. The second kappa shape index (κ2) is 10.7. The van der Waals surface area contributed by atoms with E-state index in [1.54, 1.807) is 30.3 Å². The molecule has 142 valence electrons. The number of carboxylic acids is 1. The smallest absolute Gasteiger partial charge is 0.408 e. The molecule has 0 aliphatic heterocycles. The van der Waals surface area contributed by atoms with Crippen LogP contribution in [0.15, 0.2) is 30.3 Å². The van der Waals surface area contributed by atoms with Crippen LogP contribution >= 0.6 is 0 Å². The molecule has 0 unspecified atom stereocenters. The highest BCUT2D eigenvalue weighted by Crippen LogP contribution is 2.03. The predicted octanol–water partition coefficient (Wildman–Crippen LogP) is -0.891. The third-order valence-corrected chi connectivity index (χ3v) is 3.30. The third-order valence-electron chi connectivity index (χ3n) is 3.30. The monoisotopic (exact) mass is 367 g/mol. The van der Waals surface area contributed by atoms with Gasteiger partial charge in [0, 0.05) is 6.42 Å². The van der Waals surface area contributed by atoms with Gasteiger partial charge >= 0.3 is 12.1 Å². The molecule has 3 amide bonds. The summed E-state index contributed by atoms with van der Waals surface area (Å²) < 4.78 is 4.98. The van der Waals surface area contributed by atoms with E-state index in [4.69, 9.17) is 20.7 Å². The summed E-state index contributed by atoms with van der Waals surface area (Å²) in [6, 6.07) is 6.02. The zero-order valence-electron chi connectivity index (χ0n) is 13.9. The van der Waals surface area contributed by atoms with Crippen LogP contribution in [0.4, 0.5) is 4.79 Å². The number of amides is 3. The van der Waals surface area contributed by atoms with Crippen LogP contribution in [0.5, 0.6) is 0 Å². The lowest BCUT2D eigenvalue weighted by molar-refractivity contribution is -0.143. The minimum Gasteiger partial charge on any atom is -0.480 e. The van der Waals surface area contributed by atoms with Crippen molar-refractivity contribution in [2.24, 2.45) is 5.73 Å². The lowest BCUT2D eigenvalue weighted by atomic mass is 10.1. The van der Waals surface area contributed by atoms with Crippen molar-refractivity contribution in [1.29, 1.82) is 0 Å². The highest BCUT2D eigenvalue weighted by molar-refractivity contribution is 5.89. The normalized spacial score (nSPS) is 12.5. The van der Waals surface area contributed by atoms with E-state index in [0.717, 1.165) is 5.56 Å². The second-order valence-electron chi connectivity index (χ2n) is 5.35. The van der Waals surface area contributed by atoms with Crippen LogP contribution in [0, 0.1) is 0 Å². The molecule has 10 heteroatoms. The summed E-state index contributed by atoms with van der Waals surface area (Å²) in [5.74, 6) is -3.02. The summed E-state index contributed by atoms with van der Waals surface area (Å²) in [5, 5.41) is 22.1. The number of nitrogens with two attached hydrogens (primary N) is 1. The van der Waals surface area contributed by atoms with Crippen molar-refractivity contribution in [1.82, 2.24) is 10.6 Å². The van der Waals surface area contributed by atoms with Gasteiger partial charge < -0.3 is 31.3 Å². The van der Waals surface area contributed by atoms with Gasteiger partial charge in [0.25, 0.3) is 0 Å². The van der Waals surface area contributed by atoms with Crippen LogP contribution in [0.25, 0.3) is 0 Å². The van der Waals surface area contributed by atoms with E-state index in [1.165, 1.54) is 0 Å². The van der Waals surface area contributed by atoms with Gasteiger partial charge in [-0.3, -0.25) is 9.59 Å². The molecule has 0 fully saturated rings. The molecule has 0 aliphatic carbocycles. The van der Waals surface area contributed by atoms with Crippen molar-refractivity contribution in [2.75, 3.05) is 6.61 Å². The molecule has 0 heterocycles. The Morgan fingerprint density at radius 3 is 2.27 bits per heavy atom. The Morgan fingerprint density at radius 2 is 1.73 bits per heavy atom. The summed E-state index contributed by atoms with van der Waals surface area (Å²) in [4.78, 5) is 45.8. The summed E-state index contributed by atoms with van der Waals surface area (Å²) >= 11 is 0. The maximum atomic E-state index is 12.1. The second-order valence-corrected chi connectivity index (χ2v) is 5.35. The molecule has 0 radical (unpaired) electrons. The minimum atomic E-state index is -1.54. The molecule has 0 bridgehead atoms. The average molecular weight is 367 g/mol. The number of carboxylic acid groups (broad SMARTS) is 1. The lowest BCUT2D eigenvalue weighted by Crippen LogP contribution is -2.53. The number of benzene rings is 1. The summed E-state index contributed by atoms with van der Waals surface area (Å²) in [7, 11) is 0. The highest BCUT2D eigenvalue weighted by Gasteiger charge is 2.26. The van der Waals surface area contributed by atoms with E-state index in [1.807, 2.05) is 0 Å². The van der Waals surface area contributed by atoms with Crippen molar-refractivity contribution in [3.05, 3.63) is 35.9 Å². The summed E-state index contributed by atoms with van der Waals surface area (Å²) in [6.07, 6.45) is -1.29. The van der Waals surface area contributed by atoms with E-state index in [-0.39, 0.29) is 19.4 Å². The van der Waals surface area contributed by atoms with Crippen molar-refractivity contribution < 1.29 is 34.1 Å². The first-order valence-electron chi connectivity index (χ1n) is 7.73. The summed E-state index contributed by atoms with van der Waals surface area (Å²) in [6.45, 7) is -0.868. The molecule has 6 N–H and O–H groups in total. The first-order chi connectivity index (χ1) is 12.3. The number of hydrogen-bond acceptors (Lipinski definition) is 6. The fourth-order valence-corrected chi connectivity index (χ4v) is 1.92. The van der Waals surface area contributed by atoms with Crippen LogP contribution in [0.3, 0.4) is 0 Å². The molecule has 26 heavy (non-hydrogen) atoms. The molecule has 1 aromatic carbocycles. The fourth-order valence-electron chi connectivity index (χ4n) is 1.92. The first kappa shape index (κ1) is 20.9. The number of primary amides is 1. The SMILES string of the molecule is NC(=O)CC[C@H](NC(=O)OCc1ccccc1)C(=O)N[C@@H](CO)C(=O)O. The quantitative estimate of drug-likeness (QED) is 0.357. The van der Waals surface area contributed by atoms with Crippen molar-refractivity contribution in [3.8, 4) is 0 Å². The van der Waals surface area contributed by atoms with Crippen molar-refractivity contribution in [2.45, 2.75) is 31.5 Å². The topological polar surface area (TPSA) is 168 Å². The third kappa shape index (κ3) is 7.62. The Balaban J connectivity index is 2.66. The van der Waals surface area contributed by atoms with Gasteiger partial charge in [0.2, 0.25) is 11.8 Å². The molecule has 1 aromatic rings. The van der Waals surface area contributed by atoms with Crippen LogP contribution in [-0.2, 0) is 25.7 Å². The first-order valence-corrected chi connectivity index (χ1v) is 7.73. The molecule has 2 atom stereocenters. The van der Waals surface area contributed by atoms with E-state index in [9.17, 15) is 19.2 Å². The molecule has 0 saturated carbocycles. The van der Waals surface area contributed by atoms with Crippen LogP contribution in [0.2, 0.25) is 0 Å². The van der Waals surface area contributed by atoms with Gasteiger partial charge in [-0.05, 0) is 12.0 Å². The number of carbonyl (C=O) groups is 4. The molecule has 0 aromatic heterocycles. The molecular formula is C16H21N3O7. The van der Waals surface area contributed by atoms with E-state index in [2.05, 4.69) is 10.6 Å². The van der Waals surface area contributed by atoms with Crippen LogP contribution < -0.4 is 16.4 Å². The Morgan fingerprint density at radius 1 is 1.08 bits per heavy atom. The number of ether oxygens (including phenoxy) is 1. The average Bonchev–Trinajstić information content (AvgIpc) is 2.61. The number of hydrogen-bond donors (Lipinski definition) is 5. The zero-order valence-corrected chi connectivity index (χ0v) is 13.9. The van der Waals surface area contributed by atoms with Gasteiger partial charge in [0.05, 0.1) is 6.61 Å². The minimum absolute atomic E-state index is 0.0365. The maximum absolute atomic E-state index is 12.1. The molecule has 0 spiro atoms. The Kier molecular flexibility index (Phi) is 8.58. The molecular weight excluding hydrogens is 346 g/mol. The number of aliphatic hydroxyl groups is 1. The largest absolute Gasteiger partial charge is 0.480 e. The number of aliphatic hydroxyl groups excluding tert-OH is 1. The number of rotatable bonds is 10. The highest BCUT2D eigenvalue weighted by atomic mass is 16.5. The van der Waals surface area contributed by atoms with Crippen LogP contribution in [0.1, 0.15) is 18.4 Å². The van der Waals surface area contributed by atoms with E-state index < -0.39 is 42.6 Å². The van der Waals surface area contributed by atoms with Crippen molar-refractivity contribution >= 4 is 23.9 Å². The molecule has 0 saturated heterocycles. The van der Waals surface area contributed by atoms with E-state index >= 15 is 0 Å². The predicted molar refractivity (Wildman–Crippen MR) is 88.6 cm³/mol.